The average molecular weight is 282 g/mol. The van der Waals surface area contributed by atoms with Crippen molar-refractivity contribution < 1.29 is 4.39 Å². The number of nitrogens with zero attached hydrogens (tertiary/aromatic N) is 3. The number of hydrogen-bond donors (Lipinski definition) is 1. The Morgan fingerprint density at radius 3 is 3.00 bits per heavy atom. The first-order chi connectivity index (χ1) is 10.3. The summed E-state index contributed by atoms with van der Waals surface area (Å²) < 4.78 is 13.9. The molecular formula is C16H15FN4. The molecule has 106 valence electrons. The highest BCUT2D eigenvalue weighted by molar-refractivity contribution is 5.87. The van der Waals surface area contributed by atoms with Gasteiger partial charge in [0.15, 0.2) is 0 Å². The quantitative estimate of drug-likeness (QED) is 0.785. The minimum absolute atomic E-state index is 0.112. The van der Waals surface area contributed by atoms with Crippen LogP contribution in [-0.2, 0) is 0 Å². The second-order valence-electron chi connectivity index (χ2n) is 5.39. The monoisotopic (exact) mass is 282 g/mol. The van der Waals surface area contributed by atoms with Crippen LogP contribution in [0, 0.1) is 5.82 Å². The Balaban J connectivity index is 1.65. The predicted molar refractivity (Wildman–Crippen MR) is 79.9 cm³/mol. The smallest absolute Gasteiger partial charge is 0.142 e. The number of halogens is 1. The summed E-state index contributed by atoms with van der Waals surface area (Å²) in [5.41, 5.74) is 1.65. The van der Waals surface area contributed by atoms with Crippen LogP contribution >= 0.6 is 0 Å². The molecule has 5 heteroatoms. The number of hydrogen-bond acceptors (Lipinski definition) is 3. The van der Waals surface area contributed by atoms with Gasteiger partial charge in [-0.2, -0.15) is 0 Å². The molecule has 1 aliphatic heterocycles. The van der Waals surface area contributed by atoms with Gasteiger partial charge in [0, 0.05) is 25.2 Å². The second kappa shape index (κ2) is 4.84. The van der Waals surface area contributed by atoms with Gasteiger partial charge in [-0.25, -0.2) is 14.4 Å². The SMILES string of the molecule is Fc1ccccc1C1CCN(c2ncnc3[nH]ccc23)C1. The Morgan fingerprint density at radius 2 is 2.10 bits per heavy atom. The Labute approximate surface area is 121 Å². The van der Waals surface area contributed by atoms with E-state index >= 15 is 0 Å². The molecule has 3 heterocycles. The minimum atomic E-state index is -0.112. The fraction of sp³-hybridized carbons (Fsp3) is 0.250. The molecule has 1 unspecified atom stereocenters. The van der Waals surface area contributed by atoms with Gasteiger partial charge in [-0.15, -0.1) is 0 Å². The van der Waals surface area contributed by atoms with E-state index in [-0.39, 0.29) is 11.7 Å². The number of fused-ring (bicyclic) bond motifs is 1. The Kier molecular flexibility index (Phi) is 2.84. The van der Waals surface area contributed by atoms with Crippen molar-refractivity contribution in [2.45, 2.75) is 12.3 Å². The maximum absolute atomic E-state index is 13.9. The molecule has 0 spiro atoms. The average Bonchev–Trinajstić information content (AvgIpc) is 3.16. The highest BCUT2D eigenvalue weighted by Gasteiger charge is 2.27. The molecule has 1 aliphatic rings. The summed E-state index contributed by atoms with van der Waals surface area (Å²) in [7, 11) is 0. The molecular weight excluding hydrogens is 267 g/mol. The zero-order valence-corrected chi connectivity index (χ0v) is 11.5. The van der Waals surface area contributed by atoms with Crippen LogP contribution in [0.1, 0.15) is 17.9 Å². The lowest BCUT2D eigenvalue weighted by atomic mass is 9.98. The van der Waals surface area contributed by atoms with Crippen molar-refractivity contribution >= 4 is 16.9 Å². The van der Waals surface area contributed by atoms with Crippen molar-refractivity contribution in [3.8, 4) is 0 Å². The molecule has 0 amide bonds. The van der Waals surface area contributed by atoms with E-state index in [1.807, 2.05) is 24.4 Å². The predicted octanol–water partition coefficient (Wildman–Crippen LogP) is 3.09. The van der Waals surface area contributed by atoms with Gasteiger partial charge in [-0.05, 0) is 24.1 Å². The largest absolute Gasteiger partial charge is 0.355 e. The standard InChI is InChI=1S/C16H15FN4/c17-14-4-2-1-3-12(14)11-6-8-21(9-11)16-13-5-7-18-15(13)19-10-20-16/h1-5,7,10-11H,6,8-9H2,(H,18,19,20). The highest BCUT2D eigenvalue weighted by atomic mass is 19.1. The summed E-state index contributed by atoms with van der Waals surface area (Å²) in [5, 5.41) is 1.02. The topological polar surface area (TPSA) is 44.8 Å². The molecule has 4 rings (SSSR count). The molecule has 1 N–H and O–H groups in total. The molecule has 0 radical (unpaired) electrons. The van der Waals surface area contributed by atoms with E-state index in [0.717, 1.165) is 41.9 Å². The van der Waals surface area contributed by atoms with Gasteiger partial charge in [0.05, 0.1) is 5.39 Å². The molecule has 2 aromatic heterocycles. The van der Waals surface area contributed by atoms with Crippen LogP contribution in [0.2, 0.25) is 0 Å². The molecule has 1 saturated heterocycles. The van der Waals surface area contributed by atoms with Crippen molar-refractivity contribution in [1.29, 1.82) is 0 Å². The second-order valence-corrected chi connectivity index (χ2v) is 5.39. The first kappa shape index (κ1) is 12.3. The Bertz CT molecular complexity index is 783. The normalized spacial score (nSPS) is 18.5. The van der Waals surface area contributed by atoms with Gasteiger partial charge in [-0.1, -0.05) is 18.2 Å². The molecule has 0 bridgehead atoms. The summed E-state index contributed by atoms with van der Waals surface area (Å²) in [5.74, 6) is 1.04. The number of aromatic amines is 1. The third kappa shape index (κ3) is 2.05. The first-order valence-electron chi connectivity index (χ1n) is 7.10. The molecule has 0 aliphatic carbocycles. The van der Waals surface area contributed by atoms with E-state index in [9.17, 15) is 4.39 Å². The van der Waals surface area contributed by atoms with Gasteiger partial charge >= 0.3 is 0 Å². The maximum Gasteiger partial charge on any atom is 0.142 e. The van der Waals surface area contributed by atoms with E-state index in [0.29, 0.717) is 0 Å². The van der Waals surface area contributed by atoms with E-state index in [1.165, 1.54) is 6.07 Å². The van der Waals surface area contributed by atoms with Crippen LogP contribution in [0.15, 0.2) is 42.9 Å². The number of H-pyrrole nitrogens is 1. The molecule has 1 atom stereocenters. The molecule has 21 heavy (non-hydrogen) atoms. The van der Waals surface area contributed by atoms with Crippen molar-refractivity contribution in [1.82, 2.24) is 15.0 Å². The number of rotatable bonds is 2. The fourth-order valence-electron chi connectivity index (χ4n) is 3.12. The van der Waals surface area contributed by atoms with Crippen molar-refractivity contribution in [2.24, 2.45) is 0 Å². The lowest BCUT2D eigenvalue weighted by Crippen LogP contribution is -2.20. The van der Waals surface area contributed by atoms with E-state index in [1.54, 1.807) is 12.4 Å². The molecule has 1 aromatic carbocycles. The zero-order valence-electron chi connectivity index (χ0n) is 11.5. The lowest BCUT2D eigenvalue weighted by Gasteiger charge is -2.18. The first-order valence-corrected chi connectivity index (χ1v) is 7.10. The van der Waals surface area contributed by atoms with Crippen LogP contribution in [0.25, 0.3) is 11.0 Å². The van der Waals surface area contributed by atoms with Crippen molar-refractivity contribution in [3.63, 3.8) is 0 Å². The highest BCUT2D eigenvalue weighted by Crippen LogP contribution is 2.33. The van der Waals surface area contributed by atoms with Gasteiger partial charge in [0.25, 0.3) is 0 Å². The van der Waals surface area contributed by atoms with Crippen LogP contribution in [0.4, 0.5) is 10.2 Å². The number of nitrogens with one attached hydrogen (secondary N) is 1. The third-order valence-corrected chi connectivity index (χ3v) is 4.17. The van der Waals surface area contributed by atoms with Gasteiger partial charge in [0.2, 0.25) is 0 Å². The molecule has 4 nitrogen and oxygen atoms in total. The van der Waals surface area contributed by atoms with E-state index in [4.69, 9.17) is 0 Å². The lowest BCUT2D eigenvalue weighted by molar-refractivity contribution is 0.589. The maximum atomic E-state index is 13.9. The Morgan fingerprint density at radius 1 is 1.19 bits per heavy atom. The van der Waals surface area contributed by atoms with Gasteiger partial charge in [0.1, 0.15) is 23.6 Å². The third-order valence-electron chi connectivity index (χ3n) is 4.17. The molecule has 0 saturated carbocycles. The van der Waals surface area contributed by atoms with Crippen LogP contribution in [-0.4, -0.2) is 28.0 Å². The number of benzene rings is 1. The number of aromatic nitrogens is 3. The summed E-state index contributed by atoms with van der Waals surface area (Å²) >= 11 is 0. The summed E-state index contributed by atoms with van der Waals surface area (Å²) in [6.07, 6.45) is 4.38. The van der Waals surface area contributed by atoms with Crippen molar-refractivity contribution in [3.05, 3.63) is 54.2 Å². The van der Waals surface area contributed by atoms with E-state index < -0.39 is 0 Å². The van der Waals surface area contributed by atoms with Crippen LogP contribution in [0.3, 0.4) is 0 Å². The Hall–Kier alpha value is -2.43. The summed E-state index contributed by atoms with van der Waals surface area (Å²) in [6, 6.07) is 9.04. The van der Waals surface area contributed by atoms with Crippen molar-refractivity contribution in [2.75, 3.05) is 18.0 Å². The van der Waals surface area contributed by atoms with Gasteiger partial charge in [-0.3, -0.25) is 0 Å². The fourth-order valence-corrected chi connectivity index (χ4v) is 3.12. The van der Waals surface area contributed by atoms with Gasteiger partial charge < -0.3 is 9.88 Å². The van der Waals surface area contributed by atoms with E-state index in [2.05, 4.69) is 19.9 Å². The summed E-state index contributed by atoms with van der Waals surface area (Å²) in [6.45, 7) is 1.68. The number of anilines is 1. The minimum Gasteiger partial charge on any atom is -0.355 e. The zero-order chi connectivity index (χ0) is 14.2. The summed E-state index contributed by atoms with van der Waals surface area (Å²) in [4.78, 5) is 13.9. The molecule has 3 aromatic rings. The molecule has 1 fully saturated rings. The van der Waals surface area contributed by atoms with Crippen LogP contribution < -0.4 is 4.90 Å². The van der Waals surface area contributed by atoms with Crippen LogP contribution in [0.5, 0.6) is 0 Å².